The Morgan fingerprint density at radius 3 is 2.72 bits per heavy atom. The highest BCUT2D eigenvalue weighted by Gasteiger charge is 2.32. The van der Waals surface area contributed by atoms with Crippen LogP contribution < -0.4 is 0 Å². The number of nitrogens with zero attached hydrogens (tertiary/aromatic N) is 2. The predicted octanol–water partition coefficient (Wildman–Crippen LogP) is 3.06. The lowest BCUT2D eigenvalue weighted by Crippen LogP contribution is -2.45. The number of likely N-dealkylation sites (tertiary alicyclic amines) is 1. The molecule has 2 heterocycles. The summed E-state index contributed by atoms with van der Waals surface area (Å²) in [5, 5.41) is 11.7. The molecule has 1 amide bonds. The van der Waals surface area contributed by atoms with Crippen LogP contribution in [0, 0.1) is 17.7 Å². The standard InChI is InChI=1S/C18H19FN2O3S/c1-11-6-13(18(23)24)9-21(8-11)17(22)15-10-25-16(20-15)7-12-2-4-14(19)5-3-12/h2-5,10-11,13H,6-9H2,1H3,(H,23,24). The zero-order chi connectivity index (χ0) is 18.0. The number of hydrogen-bond acceptors (Lipinski definition) is 4. The third kappa shape index (κ3) is 4.22. The summed E-state index contributed by atoms with van der Waals surface area (Å²) in [6.45, 7) is 2.73. The van der Waals surface area contributed by atoms with Crippen LogP contribution in [0.4, 0.5) is 4.39 Å². The van der Waals surface area contributed by atoms with Crippen molar-refractivity contribution in [2.45, 2.75) is 19.8 Å². The average molecular weight is 362 g/mol. The first kappa shape index (κ1) is 17.5. The van der Waals surface area contributed by atoms with Gasteiger partial charge in [0.15, 0.2) is 0 Å². The normalized spacial score (nSPS) is 20.5. The molecule has 7 heteroatoms. The predicted molar refractivity (Wildman–Crippen MR) is 92.1 cm³/mol. The van der Waals surface area contributed by atoms with Crippen molar-refractivity contribution in [1.29, 1.82) is 0 Å². The van der Waals surface area contributed by atoms with Gasteiger partial charge in [-0.3, -0.25) is 9.59 Å². The van der Waals surface area contributed by atoms with Gasteiger partial charge in [0.2, 0.25) is 0 Å². The summed E-state index contributed by atoms with van der Waals surface area (Å²) in [6.07, 6.45) is 1.12. The number of carboxylic acids is 1. The van der Waals surface area contributed by atoms with E-state index in [9.17, 15) is 19.1 Å². The van der Waals surface area contributed by atoms with Gasteiger partial charge in [-0.15, -0.1) is 11.3 Å². The average Bonchev–Trinajstić information content (AvgIpc) is 3.04. The molecule has 1 saturated heterocycles. The third-order valence-corrected chi connectivity index (χ3v) is 5.18. The number of halogens is 1. The minimum Gasteiger partial charge on any atom is -0.481 e. The van der Waals surface area contributed by atoms with Gasteiger partial charge >= 0.3 is 5.97 Å². The summed E-state index contributed by atoms with van der Waals surface area (Å²) in [5.41, 5.74) is 1.27. The molecular formula is C18H19FN2O3S. The molecule has 0 bridgehead atoms. The van der Waals surface area contributed by atoms with Gasteiger partial charge in [0.25, 0.3) is 5.91 Å². The van der Waals surface area contributed by atoms with Gasteiger partial charge < -0.3 is 10.0 Å². The number of rotatable bonds is 4. The summed E-state index contributed by atoms with van der Waals surface area (Å²) >= 11 is 1.38. The number of piperidine rings is 1. The lowest BCUT2D eigenvalue weighted by molar-refractivity contribution is -0.143. The summed E-state index contributed by atoms with van der Waals surface area (Å²) in [7, 11) is 0. The van der Waals surface area contributed by atoms with Crippen LogP contribution >= 0.6 is 11.3 Å². The Kier molecular flexibility index (Phi) is 5.13. The molecule has 132 valence electrons. The van der Waals surface area contributed by atoms with Crippen molar-refractivity contribution < 1.29 is 19.1 Å². The van der Waals surface area contributed by atoms with Crippen molar-refractivity contribution in [3.63, 3.8) is 0 Å². The van der Waals surface area contributed by atoms with Crippen LogP contribution in [0.2, 0.25) is 0 Å². The highest BCUT2D eigenvalue weighted by molar-refractivity contribution is 7.09. The van der Waals surface area contributed by atoms with Gasteiger partial charge in [0.1, 0.15) is 11.5 Å². The number of aromatic nitrogens is 1. The lowest BCUT2D eigenvalue weighted by atomic mass is 9.90. The van der Waals surface area contributed by atoms with Crippen molar-refractivity contribution in [1.82, 2.24) is 9.88 Å². The Morgan fingerprint density at radius 1 is 1.32 bits per heavy atom. The Hall–Kier alpha value is -2.28. The van der Waals surface area contributed by atoms with Gasteiger partial charge in [-0.25, -0.2) is 9.37 Å². The molecule has 0 radical (unpaired) electrons. The Balaban J connectivity index is 1.69. The molecule has 5 nitrogen and oxygen atoms in total. The molecule has 0 saturated carbocycles. The van der Waals surface area contributed by atoms with Crippen LogP contribution in [0.15, 0.2) is 29.6 Å². The highest BCUT2D eigenvalue weighted by Crippen LogP contribution is 2.24. The molecule has 1 aliphatic rings. The molecule has 2 unspecified atom stereocenters. The topological polar surface area (TPSA) is 70.5 Å². The molecule has 1 aliphatic heterocycles. The molecule has 0 aliphatic carbocycles. The Labute approximate surface area is 149 Å². The van der Waals surface area contributed by atoms with E-state index >= 15 is 0 Å². The van der Waals surface area contributed by atoms with Crippen LogP contribution in [-0.4, -0.2) is 40.0 Å². The van der Waals surface area contributed by atoms with Gasteiger partial charge in [0.05, 0.1) is 10.9 Å². The van der Waals surface area contributed by atoms with E-state index in [4.69, 9.17) is 0 Å². The fraction of sp³-hybridized carbons (Fsp3) is 0.389. The van der Waals surface area contributed by atoms with Crippen molar-refractivity contribution >= 4 is 23.2 Å². The number of carboxylic acid groups (broad SMARTS) is 1. The second-order valence-electron chi connectivity index (χ2n) is 6.52. The van der Waals surface area contributed by atoms with Crippen LogP contribution in [-0.2, 0) is 11.2 Å². The van der Waals surface area contributed by atoms with Crippen molar-refractivity contribution in [2.24, 2.45) is 11.8 Å². The van der Waals surface area contributed by atoms with Crippen LogP contribution in [0.5, 0.6) is 0 Å². The summed E-state index contributed by atoms with van der Waals surface area (Å²) < 4.78 is 13.0. The van der Waals surface area contributed by atoms with Crippen LogP contribution in [0.25, 0.3) is 0 Å². The number of thiazole rings is 1. The van der Waals surface area contributed by atoms with Crippen LogP contribution in [0.3, 0.4) is 0 Å². The maximum absolute atomic E-state index is 13.0. The Bertz CT molecular complexity index is 775. The van der Waals surface area contributed by atoms with E-state index in [2.05, 4.69) is 4.98 Å². The summed E-state index contributed by atoms with van der Waals surface area (Å²) in [6, 6.07) is 6.19. The maximum Gasteiger partial charge on any atom is 0.308 e. The quantitative estimate of drug-likeness (QED) is 0.907. The number of amides is 1. The number of carbonyl (C=O) groups is 2. The monoisotopic (exact) mass is 362 g/mol. The first-order valence-corrected chi connectivity index (χ1v) is 9.01. The van der Waals surface area contributed by atoms with Crippen molar-refractivity contribution in [3.8, 4) is 0 Å². The molecule has 25 heavy (non-hydrogen) atoms. The largest absolute Gasteiger partial charge is 0.481 e. The number of hydrogen-bond donors (Lipinski definition) is 1. The second-order valence-corrected chi connectivity index (χ2v) is 7.46. The van der Waals surface area contributed by atoms with Crippen molar-refractivity contribution in [2.75, 3.05) is 13.1 Å². The first-order valence-electron chi connectivity index (χ1n) is 8.13. The number of carbonyl (C=O) groups excluding carboxylic acids is 1. The molecule has 1 fully saturated rings. The van der Waals surface area contributed by atoms with Gasteiger partial charge in [-0.05, 0) is 30.0 Å². The van der Waals surface area contributed by atoms with E-state index in [1.54, 1.807) is 22.4 Å². The molecule has 2 atom stereocenters. The van der Waals surface area contributed by atoms with Gasteiger partial charge in [-0.1, -0.05) is 19.1 Å². The maximum atomic E-state index is 13.0. The second kappa shape index (κ2) is 7.31. The highest BCUT2D eigenvalue weighted by atomic mass is 32.1. The first-order chi connectivity index (χ1) is 11.9. The molecule has 2 aromatic rings. The smallest absolute Gasteiger partial charge is 0.308 e. The minimum atomic E-state index is -0.861. The number of benzene rings is 1. The fourth-order valence-corrected chi connectivity index (χ4v) is 3.93. The summed E-state index contributed by atoms with van der Waals surface area (Å²) in [5.74, 6) is -1.74. The third-order valence-electron chi connectivity index (χ3n) is 4.34. The van der Waals surface area contributed by atoms with Gasteiger partial charge in [0, 0.05) is 24.9 Å². The molecular weight excluding hydrogens is 343 g/mol. The van der Waals surface area contributed by atoms with Crippen LogP contribution in [0.1, 0.15) is 34.4 Å². The van der Waals surface area contributed by atoms with E-state index in [-0.39, 0.29) is 24.2 Å². The summed E-state index contributed by atoms with van der Waals surface area (Å²) in [4.78, 5) is 29.9. The van der Waals surface area contributed by atoms with Crippen molar-refractivity contribution in [3.05, 3.63) is 51.7 Å². The molecule has 1 aromatic carbocycles. The van der Waals surface area contributed by atoms with E-state index in [1.165, 1.54) is 23.5 Å². The SMILES string of the molecule is CC1CC(C(=O)O)CN(C(=O)c2csc(Cc3ccc(F)cc3)n2)C1. The lowest BCUT2D eigenvalue weighted by Gasteiger charge is -2.34. The van der Waals surface area contributed by atoms with Gasteiger partial charge in [-0.2, -0.15) is 0 Å². The van der Waals surface area contributed by atoms with E-state index in [1.807, 2.05) is 6.92 Å². The number of aliphatic carboxylic acids is 1. The molecule has 1 N–H and O–H groups in total. The minimum absolute atomic E-state index is 0.149. The van der Waals surface area contributed by atoms with E-state index < -0.39 is 11.9 Å². The van der Waals surface area contributed by atoms with E-state index in [0.29, 0.717) is 25.1 Å². The zero-order valence-electron chi connectivity index (χ0n) is 13.8. The molecule has 3 rings (SSSR count). The fourth-order valence-electron chi connectivity index (χ4n) is 3.13. The zero-order valence-corrected chi connectivity index (χ0v) is 14.6. The van der Waals surface area contributed by atoms with E-state index in [0.717, 1.165) is 10.6 Å². The Morgan fingerprint density at radius 2 is 2.04 bits per heavy atom. The molecule has 0 spiro atoms. The molecule has 1 aromatic heterocycles.